The summed E-state index contributed by atoms with van der Waals surface area (Å²) in [6, 6.07) is 25.1. The summed E-state index contributed by atoms with van der Waals surface area (Å²) in [4.78, 5) is 27.4. The number of piperidine rings is 1. The highest BCUT2D eigenvalue weighted by molar-refractivity contribution is 5.98. The zero-order chi connectivity index (χ0) is 25.2. The van der Waals surface area contributed by atoms with E-state index in [2.05, 4.69) is 29.7 Å². The molecule has 0 saturated carbocycles. The van der Waals surface area contributed by atoms with E-state index in [4.69, 9.17) is 4.74 Å². The lowest BCUT2D eigenvalue weighted by atomic mass is 9.98. The lowest BCUT2D eigenvalue weighted by Crippen LogP contribution is -2.37. The molecular weight excluding hydrogens is 450 g/mol. The van der Waals surface area contributed by atoms with E-state index in [-0.39, 0.29) is 18.4 Å². The molecule has 4 rings (SSSR count). The molecule has 1 aliphatic rings. The average Bonchev–Trinajstić information content (AvgIpc) is 2.91. The number of para-hydroxylation sites is 2. The summed E-state index contributed by atoms with van der Waals surface area (Å²) in [5, 5.41) is 6.07. The molecule has 3 aromatic rings. The minimum absolute atomic E-state index is 0.0227. The summed E-state index contributed by atoms with van der Waals surface area (Å²) in [6.07, 6.45) is 3.93. The Bertz CT molecular complexity index is 1140. The lowest BCUT2D eigenvalue weighted by Gasteiger charge is -2.30. The van der Waals surface area contributed by atoms with Gasteiger partial charge in [-0.25, -0.2) is 0 Å². The fourth-order valence-electron chi connectivity index (χ4n) is 4.35. The van der Waals surface area contributed by atoms with E-state index < -0.39 is 0 Å². The lowest BCUT2D eigenvalue weighted by molar-refractivity contribution is -0.114. The van der Waals surface area contributed by atoms with Gasteiger partial charge in [0.05, 0.1) is 18.8 Å². The molecule has 1 fully saturated rings. The van der Waals surface area contributed by atoms with Crippen LogP contribution in [-0.4, -0.2) is 43.0 Å². The second kappa shape index (κ2) is 12.8. The summed E-state index contributed by atoms with van der Waals surface area (Å²) in [6.45, 7) is 4.48. The van der Waals surface area contributed by atoms with Gasteiger partial charge in [0.2, 0.25) is 5.91 Å². The van der Waals surface area contributed by atoms with Crippen LogP contribution in [0.3, 0.4) is 0 Å². The zero-order valence-electron chi connectivity index (χ0n) is 20.9. The van der Waals surface area contributed by atoms with E-state index >= 15 is 0 Å². The normalized spacial score (nSPS) is 13.8. The number of rotatable bonds is 10. The van der Waals surface area contributed by atoms with E-state index in [1.165, 1.54) is 5.56 Å². The molecule has 1 aliphatic heterocycles. The fourth-order valence-corrected chi connectivity index (χ4v) is 4.35. The van der Waals surface area contributed by atoms with Crippen LogP contribution >= 0.6 is 0 Å². The molecule has 6 nitrogen and oxygen atoms in total. The number of nitrogens with one attached hydrogen (secondary N) is 2. The predicted molar refractivity (Wildman–Crippen MR) is 145 cm³/mol. The van der Waals surface area contributed by atoms with Crippen LogP contribution in [0.4, 0.5) is 11.4 Å². The smallest absolute Gasteiger partial charge is 0.253 e. The maximum absolute atomic E-state index is 12.9. The van der Waals surface area contributed by atoms with Gasteiger partial charge in [0.15, 0.2) is 0 Å². The van der Waals surface area contributed by atoms with Gasteiger partial charge in [-0.15, -0.1) is 0 Å². The Balaban J connectivity index is 1.26. The Morgan fingerprint density at radius 1 is 0.944 bits per heavy atom. The van der Waals surface area contributed by atoms with Crippen LogP contribution < -0.4 is 15.4 Å². The molecule has 1 saturated heterocycles. The van der Waals surface area contributed by atoms with Crippen molar-refractivity contribution >= 4 is 23.2 Å². The number of benzene rings is 3. The molecule has 3 aromatic carbocycles. The van der Waals surface area contributed by atoms with E-state index in [0.29, 0.717) is 23.8 Å². The number of nitrogens with zero attached hydrogens (tertiary/aromatic N) is 1. The Labute approximate surface area is 213 Å². The number of aryl methyl sites for hydroxylation is 1. The van der Waals surface area contributed by atoms with Crippen molar-refractivity contribution in [1.82, 2.24) is 4.90 Å². The van der Waals surface area contributed by atoms with Gasteiger partial charge in [0, 0.05) is 24.3 Å². The molecule has 0 atom stereocenters. The van der Waals surface area contributed by atoms with Crippen LogP contribution in [0.2, 0.25) is 0 Å². The number of amides is 2. The molecule has 0 aromatic heterocycles. The first kappa shape index (κ1) is 25.3. The molecule has 6 heteroatoms. The van der Waals surface area contributed by atoms with Gasteiger partial charge >= 0.3 is 0 Å². The first-order chi connectivity index (χ1) is 17.6. The highest BCUT2D eigenvalue weighted by Crippen LogP contribution is 2.24. The maximum atomic E-state index is 12.9. The third-order valence-electron chi connectivity index (χ3n) is 6.50. The summed E-state index contributed by atoms with van der Waals surface area (Å²) < 4.78 is 5.98. The highest BCUT2D eigenvalue weighted by Gasteiger charge is 2.21. The van der Waals surface area contributed by atoms with E-state index in [1.54, 1.807) is 24.3 Å². The van der Waals surface area contributed by atoms with Gasteiger partial charge < -0.3 is 20.3 Å². The topological polar surface area (TPSA) is 70.7 Å². The largest absolute Gasteiger partial charge is 0.491 e. The number of carbonyl (C=O) groups is 2. The molecule has 0 spiro atoms. The Morgan fingerprint density at radius 2 is 1.69 bits per heavy atom. The fraction of sp³-hybridized carbons (Fsp3) is 0.333. The van der Waals surface area contributed by atoms with E-state index in [0.717, 1.165) is 50.2 Å². The van der Waals surface area contributed by atoms with Crippen LogP contribution in [0.15, 0.2) is 78.9 Å². The third-order valence-corrected chi connectivity index (χ3v) is 6.50. The molecule has 2 amide bonds. The molecule has 0 unspecified atom stereocenters. The number of carbonyl (C=O) groups excluding carboxylic acids is 2. The van der Waals surface area contributed by atoms with Crippen LogP contribution in [-0.2, 0) is 11.2 Å². The minimum atomic E-state index is -0.190. The van der Waals surface area contributed by atoms with Gasteiger partial charge in [-0.2, -0.15) is 0 Å². The van der Waals surface area contributed by atoms with E-state index in [9.17, 15) is 9.59 Å². The average molecular weight is 486 g/mol. The van der Waals surface area contributed by atoms with Crippen molar-refractivity contribution in [2.75, 3.05) is 36.9 Å². The molecule has 36 heavy (non-hydrogen) atoms. The summed E-state index contributed by atoms with van der Waals surface area (Å²) in [5.41, 5.74) is 3.28. The Kier molecular flexibility index (Phi) is 8.98. The SMILES string of the molecule is CC1CCN(C(=O)c2cccc(NC(=O)CNc3ccccc3OCCCc3ccccc3)c2)CC1. The minimum Gasteiger partial charge on any atom is -0.491 e. The zero-order valence-corrected chi connectivity index (χ0v) is 20.9. The quantitative estimate of drug-likeness (QED) is 0.366. The molecule has 0 bridgehead atoms. The van der Waals surface area contributed by atoms with Gasteiger partial charge in [-0.05, 0) is 67.5 Å². The number of ether oxygens (including phenoxy) is 1. The van der Waals surface area contributed by atoms with Crippen molar-refractivity contribution in [2.45, 2.75) is 32.6 Å². The molecule has 0 aliphatic carbocycles. The second-order valence-electron chi connectivity index (χ2n) is 9.39. The van der Waals surface area contributed by atoms with Gasteiger partial charge in [-0.3, -0.25) is 9.59 Å². The number of hydrogen-bond acceptors (Lipinski definition) is 4. The van der Waals surface area contributed by atoms with E-state index in [1.807, 2.05) is 47.4 Å². The van der Waals surface area contributed by atoms with Crippen molar-refractivity contribution in [3.05, 3.63) is 90.0 Å². The third kappa shape index (κ3) is 7.35. The van der Waals surface area contributed by atoms with Gasteiger partial charge in [0.25, 0.3) is 5.91 Å². The highest BCUT2D eigenvalue weighted by atomic mass is 16.5. The monoisotopic (exact) mass is 485 g/mol. The number of hydrogen-bond donors (Lipinski definition) is 2. The van der Waals surface area contributed by atoms with Gasteiger partial charge in [-0.1, -0.05) is 55.5 Å². The van der Waals surface area contributed by atoms with Crippen molar-refractivity contribution in [3.63, 3.8) is 0 Å². The molecule has 188 valence electrons. The van der Waals surface area contributed by atoms with Crippen molar-refractivity contribution in [3.8, 4) is 5.75 Å². The maximum Gasteiger partial charge on any atom is 0.253 e. The molecular formula is C30H35N3O3. The Hall–Kier alpha value is -3.80. The van der Waals surface area contributed by atoms with Crippen LogP contribution in [0.5, 0.6) is 5.75 Å². The van der Waals surface area contributed by atoms with Crippen molar-refractivity contribution in [2.24, 2.45) is 5.92 Å². The first-order valence-corrected chi connectivity index (χ1v) is 12.8. The molecule has 1 heterocycles. The number of anilines is 2. The number of likely N-dealkylation sites (tertiary alicyclic amines) is 1. The predicted octanol–water partition coefficient (Wildman–Crippen LogP) is 5.62. The summed E-state index contributed by atoms with van der Waals surface area (Å²) >= 11 is 0. The first-order valence-electron chi connectivity index (χ1n) is 12.8. The summed E-state index contributed by atoms with van der Waals surface area (Å²) in [5.74, 6) is 1.22. The molecule has 0 radical (unpaired) electrons. The van der Waals surface area contributed by atoms with Crippen LogP contribution in [0, 0.1) is 5.92 Å². The molecule has 2 N–H and O–H groups in total. The second-order valence-corrected chi connectivity index (χ2v) is 9.39. The van der Waals surface area contributed by atoms with Crippen molar-refractivity contribution in [1.29, 1.82) is 0 Å². The van der Waals surface area contributed by atoms with Crippen molar-refractivity contribution < 1.29 is 14.3 Å². The summed E-state index contributed by atoms with van der Waals surface area (Å²) in [7, 11) is 0. The Morgan fingerprint density at radius 3 is 2.50 bits per heavy atom. The standard InChI is InChI=1S/C30H35N3O3/c1-23-16-18-33(19-17-23)30(35)25-12-7-13-26(21-25)32-29(34)22-31-27-14-5-6-15-28(27)36-20-8-11-24-9-3-2-4-10-24/h2-7,9-10,12-15,21,23,31H,8,11,16-20,22H2,1H3,(H,32,34). The van der Waals surface area contributed by atoms with Crippen LogP contribution in [0.25, 0.3) is 0 Å². The van der Waals surface area contributed by atoms with Crippen LogP contribution in [0.1, 0.15) is 42.1 Å². The van der Waals surface area contributed by atoms with Gasteiger partial charge in [0.1, 0.15) is 5.75 Å².